The lowest BCUT2D eigenvalue weighted by molar-refractivity contribution is -0.384. The summed E-state index contributed by atoms with van der Waals surface area (Å²) in [4.78, 5) is 21.9. The molecule has 0 unspecified atom stereocenters. The van der Waals surface area contributed by atoms with Crippen LogP contribution >= 0.6 is 0 Å². The number of carbonyl (C=O) groups excluding carboxylic acids is 1. The molecule has 0 aromatic heterocycles. The van der Waals surface area contributed by atoms with Gasteiger partial charge in [-0.1, -0.05) is 13.8 Å². The SMILES string of the molecule is CCC(CC)Nc1ccc([N+](=O)[O-])cc1C(=O)OC. The Balaban J connectivity index is 3.15. The first kappa shape index (κ1) is 14.9. The van der Waals surface area contributed by atoms with E-state index in [1.807, 2.05) is 13.8 Å². The Labute approximate surface area is 111 Å². The van der Waals surface area contributed by atoms with Crippen molar-refractivity contribution in [1.82, 2.24) is 0 Å². The van der Waals surface area contributed by atoms with E-state index < -0.39 is 10.9 Å². The highest BCUT2D eigenvalue weighted by atomic mass is 16.6. The lowest BCUT2D eigenvalue weighted by atomic mass is 10.1. The van der Waals surface area contributed by atoms with Gasteiger partial charge in [0, 0.05) is 23.9 Å². The molecule has 0 amide bonds. The molecule has 0 aliphatic rings. The summed E-state index contributed by atoms with van der Waals surface area (Å²) in [5.74, 6) is -0.586. The second-order valence-electron chi connectivity index (χ2n) is 4.14. The molecule has 0 aliphatic heterocycles. The minimum Gasteiger partial charge on any atom is -0.465 e. The zero-order chi connectivity index (χ0) is 14.4. The van der Waals surface area contributed by atoms with Gasteiger partial charge >= 0.3 is 5.97 Å². The molecule has 0 aliphatic carbocycles. The summed E-state index contributed by atoms with van der Waals surface area (Å²) in [5.41, 5.74) is 0.616. The molecule has 0 fully saturated rings. The van der Waals surface area contributed by atoms with Gasteiger partial charge in [-0.15, -0.1) is 0 Å². The van der Waals surface area contributed by atoms with E-state index in [4.69, 9.17) is 0 Å². The largest absolute Gasteiger partial charge is 0.465 e. The molecule has 1 aromatic rings. The number of nitro groups is 1. The number of hydrogen-bond acceptors (Lipinski definition) is 5. The van der Waals surface area contributed by atoms with Crippen LogP contribution in [0.15, 0.2) is 18.2 Å². The Bertz CT molecular complexity index is 470. The van der Waals surface area contributed by atoms with E-state index in [9.17, 15) is 14.9 Å². The number of methoxy groups -OCH3 is 1. The van der Waals surface area contributed by atoms with Crippen LogP contribution in [0.25, 0.3) is 0 Å². The first-order chi connectivity index (χ1) is 9.03. The maximum atomic E-state index is 11.7. The van der Waals surface area contributed by atoms with E-state index in [-0.39, 0.29) is 17.3 Å². The van der Waals surface area contributed by atoms with E-state index in [1.165, 1.54) is 19.2 Å². The molecule has 0 heterocycles. The van der Waals surface area contributed by atoms with Gasteiger partial charge in [0.05, 0.1) is 17.6 Å². The van der Waals surface area contributed by atoms with Crippen LogP contribution in [-0.2, 0) is 4.74 Å². The summed E-state index contributed by atoms with van der Waals surface area (Å²) in [5, 5.41) is 13.9. The number of benzene rings is 1. The summed E-state index contributed by atoms with van der Waals surface area (Å²) in [6, 6.07) is 4.36. The molecule has 0 spiro atoms. The molecule has 0 saturated carbocycles. The molecule has 6 heteroatoms. The number of esters is 1. The van der Waals surface area contributed by atoms with Gasteiger partial charge in [-0.2, -0.15) is 0 Å². The molecule has 0 atom stereocenters. The molecule has 0 bridgehead atoms. The molecular weight excluding hydrogens is 248 g/mol. The maximum Gasteiger partial charge on any atom is 0.340 e. The summed E-state index contributed by atoms with van der Waals surface area (Å²) in [6.45, 7) is 4.06. The van der Waals surface area contributed by atoms with Crippen molar-refractivity contribution in [2.75, 3.05) is 12.4 Å². The average Bonchev–Trinajstić information content (AvgIpc) is 2.43. The predicted molar refractivity (Wildman–Crippen MR) is 72.4 cm³/mol. The second-order valence-corrected chi connectivity index (χ2v) is 4.14. The van der Waals surface area contributed by atoms with Gasteiger partial charge in [-0.3, -0.25) is 10.1 Å². The predicted octanol–water partition coefficient (Wildman–Crippen LogP) is 2.98. The maximum absolute atomic E-state index is 11.7. The number of nitro benzene ring substituents is 1. The highest BCUT2D eigenvalue weighted by Gasteiger charge is 2.18. The van der Waals surface area contributed by atoms with Crippen LogP contribution in [0, 0.1) is 10.1 Å². The molecule has 6 nitrogen and oxygen atoms in total. The third kappa shape index (κ3) is 3.67. The number of non-ortho nitro benzene ring substituents is 1. The summed E-state index contributed by atoms with van der Waals surface area (Å²) in [7, 11) is 1.25. The van der Waals surface area contributed by atoms with Crippen molar-refractivity contribution in [3.63, 3.8) is 0 Å². The van der Waals surface area contributed by atoms with Crippen molar-refractivity contribution >= 4 is 17.3 Å². The lowest BCUT2D eigenvalue weighted by Gasteiger charge is -2.18. The van der Waals surface area contributed by atoms with Gasteiger partial charge in [0.1, 0.15) is 0 Å². The zero-order valence-corrected chi connectivity index (χ0v) is 11.3. The topological polar surface area (TPSA) is 81.5 Å². The van der Waals surface area contributed by atoms with Crippen molar-refractivity contribution in [3.05, 3.63) is 33.9 Å². The summed E-state index contributed by atoms with van der Waals surface area (Å²) < 4.78 is 4.66. The normalized spacial score (nSPS) is 10.3. The Kier molecular flexibility index (Phi) is 5.29. The highest BCUT2D eigenvalue weighted by Crippen LogP contribution is 2.24. The monoisotopic (exact) mass is 266 g/mol. The minimum absolute atomic E-state index is 0.129. The second kappa shape index (κ2) is 6.72. The van der Waals surface area contributed by atoms with Crippen molar-refractivity contribution < 1.29 is 14.5 Å². The van der Waals surface area contributed by atoms with E-state index in [2.05, 4.69) is 10.1 Å². The zero-order valence-electron chi connectivity index (χ0n) is 11.3. The minimum atomic E-state index is -0.586. The van der Waals surface area contributed by atoms with Crippen LogP contribution < -0.4 is 5.32 Å². The third-order valence-electron chi connectivity index (χ3n) is 2.96. The molecule has 104 valence electrons. The van der Waals surface area contributed by atoms with Crippen molar-refractivity contribution in [1.29, 1.82) is 0 Å². The van der Waals surface area contributed by atoms with E-state index in [0.717, 1.165) is 12.8 Å². The lowest BCUT2D eigenvalue weighted by Crippen LogP contribution is -2.19. The van der Waals surface area contributed by atoms with Gasteiger partial charge < -0.3 is 10.1 Å². The molecule has 0 saturated heterocycles. The van der Waals surface area contributed by atoms with E-state index >= 15 is 0 Å². The fraction of sp³-hybridized carbons (Fsp3) is 0.462. The summed E-state index contributed by atoms with van der Waals surface area (Å²) in [6.07, 6.45) is 1.79. The number of carbonyl (C=O) groups is 1. The smallest absolute Gasteiger partial charge is 0.340 e. The van der Waals surface area contributed by atoms with Crippen LogP contribution in [-0.4, -0.2) is 24.0 Å². The molecule has 0 radical (unpaired) electrons. The van der Waals surface area contributed by atoms with Crippen LogP contribution in [0.1, 0.15) is 37.0 Å². The Morgan fingerprint density at radius 3 is 2.53 bits per heavy atom. The number of anilines is 1. The Morgan fingerprint density at radius 2 is 2.05 bits per heavy atom. The Morgan fingerprint density at radius 1 is 1.42 bits per heavy atom. The van der Waals surface area contributed by atoms with E-state index in [1.54, 1.807) is 6.07 Å². The van der Waals surface area contributed by atoms with Crippen LogP contribution in [0.5, 0.6) is 0 Å². The quantitative estimate of drug-likeness (QED) is 0.486. The highest BCUT2D eigenvalue weighted by molar-refractivity contribution is 5.96. The van der Waals surface area contributed by atoms with Crippen LogP contribution in [0.4, 0.5) is 11.4 Å². The number of rotatable bonds is 6. The van der Waals surface area contributed by atoms with Gasteiger partial charge in [0.15, 0.2) is 0 Å². The summed E-state index contributed by atoms with van der Waals surface area (Å²) >= 11 is 0. The fourth-order valence-electron chi connectivity index (χ4n) is 1.76. The van der Waals surface area contributed by atoms with Crippen molar-refractivity contribution in [2.24, 2.45) is 0 Å². The number of ether oxygens (including phenoxy) is 1. The van der Waals surface area contributed by atoms with Gasteiger partial charge in [0.2, 0.25) is 0 Å². The van der Waals surface area contributed by atoms with Crippen LogP contribution in [0.3, 0.4) is 0 Å². The molecule has 1 rings (SSSR count). The molecule has 19 heavy (non-hydrogen) atoms. The van der Waals surface area contributed by atoms with Gasteiger partial charge in [-0.25, -0.2) is 4.79 Å². The number of nitrogens with one attached hydrogen (secondary N) is 1. The number of hydrogen-bond donors (Lipinski definition) is 1. The number of nitrogens with zero attached hydrogens (tertiary/aromatic N) is 1. The first-order valence-electron chi connectivity index (χ1n) is 6.16. The van der Waals surface area contributed by atoms with E-state index in [0.29, 0.717) is 5.69 Å². The molecule has 1 aromatic carbocycles. The molecule has 1 N–H and O–H groups in total. The van der Waals surface area contributed by atoms with Gasteiger partial charge in [0.25, 0.3) is 5.69 Å². The first-order valence-corrected chi connectivity index (χ1v) is 6.16. The van der Waals surface area contributed by atoms with Crippen LogP contribution in [0.2, 0.25) is 0 Å². The van der Waals surface area contributed by atoms with Crippen molar-refractivity contribution in [3.8, 4) is 0 Å². The third-order valence-corrected chi connectivity index (χ3v) is 2.96. The fourth-order valence-corrected chi connectivity index (χ4v) is 1.76. The van der Waals surface area contributed by atoms with Crippen molar-refractivity contribution in [2.45, 2.75) is 32.7 Å². The molecular formula is C13H18N2O4. The Hall–Kier alpha value is -2.11. The van der Waals surface area contributed by atoms with Gasteiger partial charge in [-0.05, 0) is 18.9 Å². The standard InChI is InChI=1S/C13H18N2O4/c1-4-9(5-2)14-12-7-6-10(15(17)18)8-11(12)13(16)19-3/h6-9,14H,4-5H2,1-3H3. The average molecular weight is 266 g/mol.